The van der Waals surface area contributed by atoms with Crippen molar-refractivity contribution < 1.29 is 18.9 Å². The van der Waals surface area contributed by atoms with Crippen molar-refractivity contribution in [1.82, 2.24) is 0 Å². The van der Waals surface area contributed by atoms with Crippen LogP contribution in [0.4, 0.5) is 4.39 Å². The van der Waals surface area contributed by atoms with Crippen molar-refractivity contribution in [2.45, 2.75) is 51.5 Å². The molecule has 0 saturated carbocycles. The Morgan fingerprint density at radius 3 is 2.45 bits per heavy atom. The third-order valence-electron chi connectivity index (χ3n) is 5.18. The molecule has 3 nitrogen and oxygen atoms in total. The third kappa shape index (κ3) is 4.06. The molecular weight excluding hydrogens is 279 g/mol. The lowest BCUT2D eigenvalue weighted by molar-refractivity contribution is -0.970. The molecular formula is C18H29FN2O+2. The van der Waals surface area contributed by atoms with Gasteiger partial charge in [0.05, 0.1) is 19.1 Å². The van der Waals surface area contributed by atoms with Crippen LogP contribution in [-0.2, 0) is 11.3 Å². The highest BCUT2D eigenvalue weighted by molar-refractivity contribution is 5.14. The van der Waals surface area contributed by atoms with E-state index in [-0.39, 0.29) is 5.82 Å². The number of quaternary nitrogens is 2. The van der Waals surface area contributed by atoms with Gasteiger partial charge >= 0.3 is 0 Å². The highest BCUT2D eigenvalue weighted by Crippen LogP contribution is 2.05. The zero-order valence-corrected chi connectivity index (χ0v) is 13.8. The summed E-state index contributed by atoms with van der Waals surface area (Å²) in [5.41, 5.74) is 1.12. The fourth-order valence-corrected chi connectivity index (χ4v) is 4.19. The quantitative estimate of drug-likeness (QED) is 0.808. The Morgan fingerprint density at radius 1 is 1.14 bits per heavy atom. The minimum Gasteiger partial charge on any atom is -0.364 e. The molecule has 0 bridgehead atoms. The van der Waals surface area contributed by atoms with E-state index in [1.54, 1.807) is 15.9 Å². The van der Waals surface area contributed by atoms with Gasteiger partial charge in [-0.15, -0.1) is 0 Å². The van der Waals surface area contributed by atoms with Crippen LogP contribution in [0, 0.1) is 5.82 Å². The van der Waals surface area contributed by atoms with Gasteiger partial charge < -0.3 is 14.5 Å². The Hall–Kier alpha value is -0.970. The van der Waals surface area contributed by atoms with Crippen LogP contribution in [0.5, 0.6) is 0 Å². The zero-order valence-electron chi connectivity index (χ0n) is 13.8. The van der Waals surface area contributed by atoms with Gasteiger partial charge in [-0.05, 0) is 26.0 Å². The molecule has 2 saturated heterocycles. The number of morpholine rings is 1. The van der Waals surface area contributed by atoms with Crippen molar-refractivity contribution in [2.75, 3.05) is 26.2 Å². The molecule has 0 aromatic heterocycles. The average molecular weight is 308 g/mol. The van der Waals surface area contributed by atoms with Gasteiger partial charge in [-0.2, -0.15) is 0 Å². The van der Waals surface area contributed by atoms with E-state index < -0.39 is 0 Å². The van der Waals surface area contributed by atoms with Gasteiger partial charge in [-0.25, -0.2) is 4.39 Å². The van der Waals surface area contributed by atoms with Crippen molar-refractivity contribution in [3.8, 4) is 0 Å². The van der Waals surface area contributed by atoms with E-state index in [4.69, 9.17) is 4.74 Å². The van der Waals surface area contributed by atoms with E-state index in [0.29, 0.717) is 12.2 Å². The second-order valence-electron chi connectivity index (χ2n) is 7.15. The standard InChI is InChI=1S/C18H27FN2O/c1-14-11-21(12-15(2)22-14)18-6-8-20(9-7-18)13-16-4-3-5-17(19)10-16/h3-5,10,14-15,18H,6-9,11-13H2,1-2H3/p+2/t14-,15+. The largest absolute Gasteiger partial charge is 0.364 e. The molecule has 1 aromatic rings. The lowest BCUT2D eigenvalue weighted by Crippen LogP contribution is -3.22. The number of halogens is 1. The summed E-state index contributed by atoms with van der Waals surface area (Å²) >= 11 is 0. The Labute approximate surface area is 133 Å². The fourth-order valence-electron chi connectivity index (χ4n) is 4.19. The smallest absolute Gasteiger partial charge is 0.123 e. The van der Waals surface area contributed by atoms with Crippen LogP contribution >= 0.6 is 0 Å². The SMILES string of the molecule is C[C@@H]1C[NH+](C2CC[NH+](Cc3cccc(F)c3)CC2)C[C@H](C)O1. The van der Waals surface area contributed by atoms with Crippen molar-refractivity contribution in [3.05, 3.63) is 35.6 Å². The van der Waals surface area contributed by atoms with E-state index in [9.17, 15) is 4.39 Å². The summed E-state index contributed by atoms with van der Waals surface area (Å²) in [4.78, 5) is 3.33. The lowest BCUT2D eigenvalue weighted by atomic mass is 10.0. The molecule has 2 N–H and O–H groups in total. The summed E-state index contributed by atoms with van der Waals surface area (Å²) in [6, 6.07) is 7.84. The Morgan fingerprint density at radius 2 is 1.82 bits per heavy atom. The molecule has 22 heavy (non-hydrogen) atoms. The first-order chi connectivity index (χ1) is 10.6. The van der Waals surface area contributed by atoms with Gasteiger partial charge in [-0.3, -0.25) is 0 Å². The molecule has 3 rings (SSSR count). The molecule has 1 unspecified atom stereocenters. The molecule has 0 spiro atoms. The topological polar surface area (TPSA) is 18.1 Å². The molecule has 2 aliphatic heterocycles. The average Bonchev–Trinajstić information content (AvgIpc) is 2.47. The molecule has 2 heterocycles. The van der Waals surface area contributed by atoms with E-state index >= 15 is 0 Å². The monoisotopic (exact) mass is 308 g/mol. The Bertz CT molecular complexity index is 478. The summed E-state index contributed by atoms with van der Waals surface area (Å²) in [5, 5.41) is 0. The van der Waals surface area contributed by atoms with Gasteiger partial charge in [0.15, 0.2) is 0 Å². The molecule has 1 aromatic carbocycles. The van der Waals surface area contributed by atoms with Gasteiger partial charge in [0.2, 0.25) is 0 Å². The normalized spacial score (nSPS) is 36.2. The zero-order chi connectivity index (χ0) is 15.5. The maximum Gasteiger partial charge on any atom is 0.123 e. The maximum absolute atomic E-state index is 13.3. The number of likely N-dealkylation sites (tertiary alicyclic amines) is 1. The summed E-state index contributed by atoms with van der Waals surface area (Å²) < 4.78 is 19.1. The number of benzene rings is 1. The van der Waals surface area contributed by atoms with Gasteiger partial charge in [0.25, 0.3) is 0 Å². The van der Waals surface area contributed by atoms with Crippen molar-refractivity contribution in [1.29, 1.82) is 0 Å². The number of piperidine rings is 1. The first-order valence-corrected chi connectivity index (χ1v) is 8.68. The molecule has 2 aliphatic rings. The molecule has 0 radical (unpaired) electrons. The highest BCUT2D eigenvalue weighted by Gasteiger charge is 2.34. The molecule has 0 aliphatic carbocycles. The molecule has 0 amide bonds. The number of hydrogen-bond donors (Lipinski definition) is 2. The minimum atomic E-state index is -0.118. The van der Waals surface area contributed by atoms with Crippen LogP contribution < -0.4 is 9.80 Å². The Balaban J connectivity index is 1.50. The first kappa shape index (κ1) is 15.9. The van der Waals surface area contributed by atoms with Gasteiger partial charge in [-0.1, -0.05) is 12.1 Å². The summed E-state index contributed by atoms with van der Waals surface area (Å²) in [5.74, 6) is -0.118. The predicted molar refractivity (Wildman–Crippen MR) is 84.5 cm³/mol. The van der Waals surface area contributed by atoms with Crippen molar-refractivity contribution in [3.63, 3.8) is 0 Å². The van der Waals surface area contributed by atoms with Crippen LogP contribution in [-0.4, -0.2) is 44.4 Å². The summed E-state index contributed by atoms with van der Waals surface area (Å²) in [7, 11) is 0. The van der Waals surface area contributed by atoms with Gasteiger partial charge in [0.1, 0.15) is 37.7 Å². The minimum absolute atomic E-state index is 0.118. The second kappa shape index (κ2) is 7.07. The first-order valence-electron chi connectivity index (χ1n) is 8.68. The van der Waals surface area contributed by atoms with Crippen LogP contribution in [0.25, 0.3) is 0 Å². The second-order valence-corrected chi connectivity index (χ2v) is 7.15. The number of nitrogens with one attached hydrogen (secondary N) is 2. The van der Waals surface area contributed by atoms with Crippen molar-refractivity contribution >= 4 is 0 Å². The van der Waals surface area contributed by atoms with E-state index in [2.05, 4.69) is 13.8 Å². The van der Waals surface area contributed by atoms with E-state index in [1.165, 1.54) is 32.0 Å². The third-order valence-corrected chi connectivity index (χ3v) is 5.18. The highest BCUT2D eigenvalue weighted by atomic mass is 19.1. The van der Waals surface area contributed by atoms with E-state index in [1.807, 2.05) is 12.1 Å². The molecule has 3 atom stereocenters. The molecule has 2 fully saturated rings. The number of hydrogen-bond acceptors (Lipinski definition) is 1. The molecule has 122 valence electrons. The lowest BCUT2D eigenvalue weighted by Gasteiger charge is -2.39. The van der Waals surface area contributed by atoms with Crippen LogP contribution in [0.3, 0.4) is 0 Å². The maximum atomic E-state index is 13.3. The van der Waals surface area contributed by atoms with Crippen LogP contribution in [0.1, 0.15) is 32.3 Å². The number of ether oxygens (including phenoxy) is 1. The summed E-state index contributed by atoms with van der Waals surface area (Å²) in [6.07, 6.45) is 3.33. The Kier molecular flexibility index (Phi) is 5.11. The van der Waals surface area contributed by atoms with Crippen LogP contribution in [0.2, 0.25) is 0 Å². The van der Waals surface area contributed by atoms with E-state index in [0.717, 1.165) is 31.2 Å². The van der Waals surface area contributed by atoms with Crippen LogP contribution in [0.15, 0.2) is 24.3 Å². The predicted octanol–water partition coefficient (Wildman–Crippen LogP) is 0.0651. The molecule has 4 heteroatoms. The number of rotatable bonds is 3. The van der Waals surface area contributed by atoms with Gasteiger partial charge in [0, 0.05) is 18.4 Å². The summed E-state index contributed by atoms with van der Waals surface area (Å²) in [6.45, 7) is 10.0. The fraction of sp³-hybridized carbons (Fsp3) is 0.667. The van der Waals surface area contributed by atoms with Crippen molar-refractivity contribution in [2.24, 2.45) is 0 Å².